The van der Waals surface area contributed by atoms with Crippen LogP contribution in [0.15, 0.2) is 41.1 Å². The van der Waals surface area contributed by atoms with E-state index in [1.165, 1.54) is 23.5 Å². The second-order valence-electron chi connectivity index (χ2n) is 4.13. The molecule has 2 nitrogen and oxygen atoms in total. The molecule has 20 heavy (non-hydrogen) atoms. The van der Waals surface area contributed by atoms with E-state index in [9.17, 15) is 13.2 Å². The van der Waals surface area contributed by atoms with Crippen LogP contribution in [-0.2, 0) is 0 Å². The van der Waals surface area contributed by atoms with E-state index in [1.807, 2.05) is 23.8 Å². The molecule has 0 saturated heterocycles. The Labute approximate surface area is 119 Å². The van der Waals surface area contributed by atoms with Gasteiger partial charge in [-0.2, -0.15) is 11.3 Å². The third-order valence-electron chi connectivity index (χ3n) is 2.74. The summed E-state index contributed by atoms with van der Waals surface area (Å²) in [7, 11) is 0. The van der Waals surface area contributed by atoms with Crippen molar-refractivity contribution in [2.75, 3.05) is 6.54 Å². The normalized spacial score (nSPS) is 13.2. The van der Waals surface area contributed by atoms with E-state index in [0.717, 1.165) is 5.56 Å². The van der Waals surface area contributed by atoms with Crippen molar-refractivity contribution in [3.05, 3.63) is 52.2 Å². The zero-order valence-corrected chi connectivity index (χ0v) is 11.6. The van der Waals surface area contributed by atoms with E-state index >= 15 is 0 Å². The molecule has 0 aliphatic rings. The first-order chi connectivity index (χ1) is 9.51. The number of benzene rings is 1. The van der Waals surface area contributed by atoms with Crippen LogP contribution in [0.4, 0.5) is 13.2 Å². The zero-order valence-electron chi connectivity index (χ0n) is 10.8. The van der Waals surface area contributed by atoms with Crippen molar-refractivity contribution in [3.63, 3.8) is 0 Å². The largest absolute Gasteiger partial charge is 0.573 e. The summed E-state index contributed by atoms with van der Waals surface area (Å²) in [6, 6.07) is 7.79. The monoisotopic (exact) mass is 301 g/mol. The van der Waals surface area contributed by atoms with Crippen molar-refractivity contribution in [3.8, 4) is 5.75 Å². The Hall–Kier alpha value is -1.53. The maximum absolute atomic E-state index is 12.5. The number of halogens is 3. The molecule has 0 bridgehead atoms. The topological polar surface area (TPSA) is 21.3 Å². The van der Waals surface area contributed by atoms with Crippen LogP contribution in [0.1, 0.15) is 24.1 Å². The summed E-state index contributed by atoms with van der Waals surface area (Å²) < 4.78 is 41.5. The van der Waals surface area contributed by atoms with Crippen molar-refractivity contribution in [2.45, 2.75) is 19.3 Å². The first-order valence-electron chi connectivity index (χ1n) is 6.11. The number of rotatable bonds is 5. The maximum Gasteiger partial charge on any atom is 0.573 e. The number of alkyl halides is 3. The van der Waals surface area contributed by atoms with E-state index in [0.29, 0.717) is 12.1 Å². The van der Waals surface area contributed by atoms with Gasteiger partial charge in [-0.3, -0.25) is 0 Å². The first-order valence-corrected chi connectivity index (χ1v) is 7.05. The number of ether oxygens (including phenoxy) is 1. The summed E-state index contributed by atoms with van der Waals surface area (Å²) in [6.07, 6.45) is -4.69. The second kappa shape index (κ2) is 6.28. The molecule has 1 N–H and O–H groups in total. The van der Waals surface area contributed by atoms with Crippen molar-refractivity contribution >= 4 is 11.3 Å². The van der Waals surface area contributed by atoms with Crippen molar-refractivity contribution in [1.82, 2.24) is 5.32 Å². The highest BCUT2D eigenvalue weighted by atomic mass is 32.1. The molecular formula is C14H14F3NOS. The Balaban J connectivity index is 2.38. The number of nitrogens with one attached hydrogen (secondary N) is 1. The van der Waals surface area contributed by atoms with Gasteiger partial charge in [-0.15, -0.1) is 13.2 Å². The average molecular weight is 301 g/mol. The van der Waals surface area contributed by atoms with Gasteiger partial charge in [-0.25, -0.2) is 0 Å². The predicted molar refractivity (Wildman–Crippen MR) is 73.0 cm³/mol. The molecule has 1 unspecified atom stereocenters. The van der Waals surface area contributed by atoms with Crippen LogP contribution in [0.5, 0.6) is 5.75 Å². The van der Waals surface area contributed by atoms with Gasteiger partial charge in [0, 0.05) is 5.56 Å². The highest BCUT2D eigenvalue weighted by Crippen LogP contribution is 2.34. The van der Waals surface area contributed by atoms with E-state index in [-0.39, 0.29) is 11.8 Å². The predicted octanol–water partition coefficient (Wildman–Crippen LogP) is 4.35. The summed E-state index contributed by atoms with van der Waals surface area (Å²) in [5, 5.41) is 7.00. The molecule has 1 aromatic carbocycles. The fraction of sp³-hybridized carbons (Fsp3) is 0.286. The SMILES string of the molecule is CCNC(c1ccsc1)c1ccccc1OC(F)(F)F. The lowest BCUT2D eigenvalue weighted by Crippen LogP contribution is -2.24. The van der Waals surface area contributed by atoms with E-state index in [2.05, 4.69) is 10.1 Å². The highest BCUT2D eigenvalue weighted by Gasteiger charge is 2.33. The molecule has 0 spiro atoms. The molecule has 1 atom stereocenters. The van der Waals surface area contributed by atoms with Crippen LogP contribution in [0.25, 0.3) is 0 Å². The number of hydrogen-bond acceptors (Lipinski definition) is 3. The van der Waals surface area contributed by atoms with Gasteiger partial charge in [-0.1, -0.05) is 25.1 Å². The summed E-state index contributed by atoms with van der Waals surface area (Å²) in [5.74, 6) is -0.169. The fourth-order valence-corrected chi connectivity index (χ4v) is 2.67. The molecule has 0 aliphatic carbocycles. The Morgan fingerprint density at radius 3 is 2.60 bits per heavy atom. The number of hydrogen-bond donors (Lipinski definition) is 1. The molecule has 2 aromatic rings. The fourth-order valence-electron chi connectivity index (χ4n) is 1.99. The smallest absolute Gasteiger partial charge is 0.405 e. The molecule has 108 valence electrons. The molecule has 1 heterocycles. The van der Waals surface area contributed by atoms with Gasteiger partial charge in [0.05, 0.1) is 6.04 Å². The molecular weight excluding hydrogens is 287 g/mol. The van der Waals surface area contributed by atoms with Gasteiger partial charge < -0.3 is 10.1 Å². The van der Waals surface area contributed by atoms with Crippen LogP contribution in [0, 0.1) is 0 Å². The average Bonchev–Trinajstić information content (AvgIpc) is 2.89. The van der Waals surface area contributed by atoms with Crippen molar-refractivity contribution in [2.24, 2.45) is 0 Å². The van der Waals surface area contributed by atoms with Crippen LogP contribution < -0.4 is 10.1 Å². The third-order valence-corrected chi connectivity index (χ3v) is 3.44. The molecule has 0 amide bonds. The summed E-state index contributed by atoms with van der Waals surface area (Å²) >= 11 is 1.50. The summed E-state index contributed by atoms with van der Waals surface area (Å²) in [5.41, 5.74) is 1.40. The van der Waals surface area contributed by atoms with Gasteiger partial charge in [0.1, 0.15) is 5.75 Å². The Kier molecular flexibility index (Phi) is 4.67. The van der Waals surface area contributed by atoms with Gasteiger partial charge in [-0.05, 0) is 35.0 Å². The summed E-state index contributed by atoms with van der Waals surface area (Å²) in [4.78, 5) is 0. The minimum absolute atomic E-state index is 0.169. The van der Waals surface area contributed by atoms with E-state index in [4.69, 9.17) is 0 Å². The van der Waals surface area contributed by atoms with Gasteiger partial charge in [0.15, 0.2) is 0 Å². The standard InChI is InChI=1S/C14H14F3NOS/c1-2-18-13(10-7-8-20-9-10)11-5-3-4-6-12(11)19-14(15,16)17/h3-9,13,18H,2H2,1H3. The molecule has 6 heteroatoms. The molecule has 0 saturated carbocycles. The quantitative estimate of drug-likeness (QED) is 0.886. The maximum atomic E-state index is 12.5. The minimum atomic E-state index is -4.69. The number of thiophene rings is 1. The second-order valence-corrected chi connectivity index (χ2v) is 4.91. The van der Waals surface area contributed by atoms with Crippen LogP contribution in [0.2, 0.25) is 0 Å². The molecule has 0 radical (unpaired) electrons. The highest BCUT2D eigenvalue weighted by molar-refractivity contribution is 7.08. The first kappa shape index (κ1) is 14.9. The van der Waals surface area contributed by atoms with Crippen LogP contribution in [0.3, 0.4) is 0 Å². The van der Waals surface area contributed by atoms with E-state index < -0.39 is 6.36 Å². The van der Waals surface area contributed by atoms with Gasteiger partial charge >= 0.3 is 6.36 Å². The number of para-hydroxylation sites is 1. The van der Waals surface area contributed by atoms with Crippen LogP contribution in [-0.4, -0.2) is 12.9 Å². The zero-order chi connectivity index (χ0) is 14.6. The lowest BCUT2D eigenvalue weighted by molar-refractivity contribution is -0.275. The molecule has 0 fully saturated rings. The van der Waals surface area contributed by atoms with Gasteiger partial charge in [0.2, 0.25) is 0 Å². The Morgan fingerprint density at radius 2 is 2.00 bits per heavy atom. The Morgan fingerprint density at radius 1 is 1.25 bits per heavy atom. The van der Waals surface area contributed by atoms with E-state index in [1.54, 1.807) is 12.1 Å². The Bertz CT molecular complexity index is 540. The molecule has 2 rings (SSSR count). The molecule has 1 aromatic heterocycles. The van der Waals surface area contributed by atoms with Gasteiger partial charge in [0.25, 0.3) is 0 Å². The summed E-state index contributed by atoms with van der Waals surface area (Å²) in [6.45, 7) is 2.55. The van der Waals surface area contributed by atoms with Crippen molar-refractivity contribution < 1.29 is 17.9 Å². The van der Waals surface area contributed by atoms with Crippen LogP contribution >= 0.6 is 11.3 Å². The lowest BCUT2D eigenvalue weighted by atomic mass is 10.0. The lowest BCUT2D eigenvalue weighted by Gasteiger charge is -2.21. The molecule has 0 aliphatic heterocycles. The van der Waals surface area contributed by atoms with Crippen molar-refractivity contribution in [1.29, 1.82) is 0 Å². The minimum Gasteiger partial charge on any atom is -0.405 e. The third kappa shape index (κ3) is 3.74.